The van der Waals surface area contributed by atoms with Crippen molar-refractivity contribution in [2.45, 2.75) is 6.92 Å². The van der Waals surface area contributed by atoms with E-state index in [1.807, 2.05) is 0 Å². The van der Waals surface area contributed by atoms with Gasteiger partial charge in [0.05, 0.1) is 9.85 Å². The Morgan fingerprint density at radius 2 is 1.63 bits per heavy atom. The maximum Gasteiger partial charge on any atom is 0.353 e. The Kier molecular flexibility index (Phi) is 4.84. The van der Waals surface area contributed by atoms with Gasteiger partial charge in [0, 0.05) is 23.5 Å². The Morgan fingerprint density at radius 1 is 0.926 bits per heavy atom. The molecule has 0 saturated heterocycles. The summed E-state index contributed by atoms with van der Waals surface area (Å²) in [6.07, 6.45) is 1.14. The minimum Gasteiger partial charge on any atom is -0.334 e. The molecule has 0 atom stereocenters. The molecule has 2 N–H and O–H groups in total. The lowest BCUT2D eigenvalue weighted by molar-refractivity contribution is -0.384. The Bertz CT molecular complexity index is 1030. The molecule has 0 radical (unpaired) electrons. The summed E-state index contributed by atoms with van der Waals surface area (Å²) in [5.74, 6) is 0.227. The molecule has 0 saturated carbocycles. The van der Waals surface area contributed by atoms with E-state index in [2.05, 4.69) is 25.6 Å². The van der Waals surface area contributed by atoms with Crippen molar-refractivity contribution in [1.29, 1.82) is 0 Å². The van der Waals surface area contributed by atoms with Crippen LogP contribution in [0.5, 0.6) is 0 Å². The third-order valence-corrected chi connectivity index (χ3v) is 3.46. The van der Waals surface area contributed by atoms with Gasteiger partial charge < -0.3 is 10.6 Å². The average Bonchev–Trinajstić information content (AvgIpc) is 2.62. The number of nitro benzene ring substituents is 1. The molecule has 0 aliphatic rings. The normalized spacial score (nSPS) is 10.3. The van der Waals surface area contributed by atoms with Crippen LogP contribution in [0, 0.1) is 27.2 Å². The highest BCUT2D eigenvalue weighted by Crippen LogP contribution is 2.33. The summed E-state index contributed by atoms with van der Waals surface area (Å²) in [7, 11) is 0. The second kappa shape index (κ2) is 7.39. The van der Waals surface area contributed by atoms with E-state index in [9.17, 15) is 20.2 Å². The van der Waals surface area contributed by atoms with E-state index in [0.29, 0.717) is 5.82 Å². The molecule has 1 aromatic carbocycles. The molecule has 136 valence electrons. The quantitative estimate of drug-likeness (QED) is 0.493. The van der Waals surface area contributed by atoms with Gasteiger partial charge in [0.25, 0.3) is 5.69 Å². The number of benzene rings is 1. The summed E-state index contributed by atoms with van der Waals surface area (Å²) in [6.45, 7) is 1.79. The highest BCUT2D eigenvalue weighted by atomic mass is 16.6. The molecule has 0 bridgehead atoms. The molecule has 0 aliphatic heterocycles. The first kappa shape index (κ1) is 17.7. The van der Waals surface area contributed by atoms with E-state index < -0.39 is 15.5 Å². The monoisotopic (exact) mass is 367 g/mol. The minimum absolute atomic E-state index is 0.0546. The number of nitro groups is 2. The van der Waals surface area contributed by atoms with Crippen LogP contribution in [0.15, 0.2) is 48.8 Å². The van der Waals surface area contributed by atoms with Gasteiger partial charge in [-0.05, 0) is 25.1 Å². The maximum absolute atomic E-state index is 11.6. The van der Waals surface area contributed by atoms with Gasteiger partial charge in [-0.15, -0.1) is 0 Å². The number of hydrogen-bond donors (Lipinski definition) is 2. The van der Waals surface area contributed by atoms with Crippen LogP contribution in [0.1, 0.15) is 5.69 Å². The van der Waals surface area contributed by atoms with Crippen LogP contribution in [-0.2, 0) is 0 Å². The van der Waals surface area contributed by atoms with Crippen LogP contribution < -0.4 is 10.6 Å². The Labute approximate surface area is 152 Å². The van der Waals surface area contributed by atoms with Crippen LogP contribution in [0.2, 0.25) is 0 Å². The zero-order valence-electron chi connectivity index (χ0n) is 14.0. The molecule has 2 aromatic heterocycles. The minimum atomic E-state index is -0.641. The fourth-order valence-corrected chi connectivity index (χ4v) is 2.30. The third-order valence-electron chi connectivity index (χ3n) is 3.46. The lowest BCUT2D eigenvalue weighted by Crippen LogP contribution is -2.06. The molecule has 0 fully saturated rings. The highest BCUT2D eigenvalue weighted by Gasteiger charge is 2.24. The summed E-state index contributed by atoms with van der Waals surface area (Å²) < 4.78 is 0. The van der Waals surface area contributed by atoms with Crippen molar-refractivity contribution in [2.24, 2.45) is 0 Å². The van der Waals surface area contributed by atoms with E-state index >= 15 is 0 Å². The smallest absolute Gasteiger partial charge is 0.334 e. The summed E-state index contributed by atoms with van der Waals surface area (Å²) in [6, 6.07) is 10.7. The first-order valence-corrected chi connectivity index (χ1v) is 7.65. The predicted octanol–water partition coefficient (Wildman–Crippen LogP) is 3.48. The number of anilines is 4. The van der Waals surface area contributed by atoms with Gasteiger partial charge >= 0.3 is 5.69 Å². The Morgan fingerprint density at radius 3 is 2.30 bits per heavy atom. The van der Waals surface area contributed by atoms with Gasteiger partial charge in [-0.3, -0.25) is 20.2 Å². The number of aromatic nitrogens is 3. The van der Waals surface area contributed by atoms with Gasteiger partial charge in [-0.2, -0.15) is 0 Å². The van der Waals surface area contributed by atoms with Crippen LogP contribution in [0.25, 0.3) is 0 Å². The molecule has 11 heteroatoms. The third kappa shape index (κ3) is 4.10. The van der Waals surface area contributed by atoms with E-state index in [1.54, 1.807) is 25.1 Å². The molecular weight excluding hydrogens is 354 g/mol. The van der Waals surface area contributed by atoms with Crippen molar-refractivity contribution in [1.82, 2.24) is 15.0 Å². The van der Waals surface area contributed by atoms with E-state index in [1.165, 1.54) is 24.3 Å². The molecule has 0 amide bonds. The Hall–Kier alpha value is -4.15. The topological polar surface area (TPSA) is 149 Å². The van der Waals surface area contributed by atoms with Crippen LogP contribution in [-0.4, -0.2) is 24.8 Å². The summed E-state index contributed by atoms with van der Waals surface area (Å²) in [5, 5.41) is 28.0. The number of aryl methyl sites for hydroxylation is 1. The fraction of sp³-hybridized carbons (Fsp3) is 0.0625. The zero-order chi connectivity index (χ0) is 19.4. The van der Waals surface area contributed by atoms with Gasteiger partial charge in [-0.25, -0.2) is 15.0 Å². The number of non-ortho nitro benzene ring substituents is 1. The SMILES string of the molecule is Cc1cccc(Nc2ncnc(Nc3cccc([N+](=O)[O-])c3)c2[N+](=O)[O-])n1. The van der Waals surface area contributed by atoms with Gasteiger partial charge in [0.15, 0.2) is 0 Å². The van der Waals surface area contributed by atoms with Crippen molar-refractivity contribution in [3.8, 4) is 0 Å². The van der Waals surface area contributed by atoms with Gasteiger partial charge in [0.2, 0.25) is 11.6 Å². The largest absolute Gasteiger partial charge is 0.353 e. The van der Waals surface area contributed by atoms with Gasteiger partial charge in [-0.1, -0.05) is 12.1 Å². The number of nitrogens with one attached hydrogen (secondary N) is 2. The lowest BCUT2D eigenvalue weighted by Gasteiger charge is -2.10. The number of hydrogen-bond acceptors (Lipinski definition) is 9. The molecular formula is C16H13N7O4. The molecule has 0 spiro atoms. The highest BCUT2D eigenvalue weighted by molar-refractivity contribution is 5.76. The van der Waals surface area contributed by atoms with Crippen LogP contribution in [0.4, 0.5) is 34.5 Å². The van der Waals surface area contributed by atoms with Crippen LogP contribution >= 0.6 is 0 Å². The summed E-state index contributed by atoms with van der Waals surface area (Å²) in [5.41, 5.74) is 0.448. The van der Waals surface area contributed by atoms with E-state index in [4.69, 9.17) is 0 Å². The van der Waals surface area contributed by atoms with Crippen molar-refractivity contribution >= 4 is 34.5 Å². The molecule has 2 heterocycles. The van der Waals surface area contributed by atoms with Crippen molar-refractivity contribution in [3.63, 3.8) is 0 Å². The molecule has 3 aromatic rings. The van der Waals surface area contributed by atoms with Crippen molar-refractivity contribution in [3.05, 3.63) is 74.7 Å². The van der Waals surface area contributed by atoms with E-state index in [0.717, 1.165) is 12.0 Å². The maximum atomic E-state index is 11.6. The Balaban J connectivity index is 1.97. The fourth-order valence-electron chi connectivity index (χ4n) is 2.30. The average molecular weight is 367 g/mol. The predicted molar refractivity (Wildman–Crippen MR) is 97.3 cm³/mol. The first-order chi connectivity index (χ1) is 12.9. The molecule has 0 unspecified atom stereocenters. The van der Waals surface area contributed by atoms with Crippen molar-refractivity contribution in [2.75, 3.05) is 10.6 Å². The van der Waals surface area contributed by atoms with Crippen molar-refractivity contribution < 1.29 is 9.85 Å². The second-order valence-corrected chi connectivity index (χ2v) is 5.40. The molecule has 3 rings (SSSR count). The first-order valence-electron chi connectivity index (χ1n) is 7.65. The summed E-state index contributed by atoms with van der Waals surface area (Å²) >= 11 is 0. The molecule has 11 nitrogen and oxygen atoms in total. The second-order valence-electron chi connectivity index (χ2n) is 5.40. The lowest BCUT2D eigenvalue weighted by atomic mass is 10.2. The van der Waals surface area contributed by atoms with Gasteiger partial charge in [0.1, 0.15) is 12.1 Å². The summed E-state index contributed by atoms with van der Waals surface area (Å²) in [4.78, 5) is 33.3. The number of nitrogens with zero attached hydrogens (tertiary/aromatic N) is 5. The van der Waals surface area contributed by atoms with E-state index in [-0.39, 0.29) is 23.0 Å². The zero-order valence-corrected chi connectivity index (χ0v) is 14.0. The number of pyridine rings is 1. The standard InChI is InChI=1S/C16H13N7O4/c1-10-4-2-7-13(19-10)21-16-14(23(26)27)15(17-9-18-16)20-11-5-3-6-12(8-11)22(24)25/h2-9H,1H3,(H2,17,18,19,20,21). The van der Waals surface area contributed by atoms with Crippen LogP contribution in [0.3, 0.4) is 0 Å². The molecule has 0 aliphatic carbocycles. The number of rotatable bonds is 6. The molecule has 27 heavy (non-hydrogen) atoms.